The third-order valence-corrected chi connectivity index (χ3v) is 7.74. The van der Waals surface area contributed by atoms with Crippen LogP contribution in [0.3, 0.4) is 0 Å². The van der Waals surface area contributed by atoms with Gasteiger partial charge >= 0.3 is 5.76 Å². The van der Waals surface area contributed by atoms with Crippen molar-refractivity contribution in [2.75, 3.05) is 0 Å². The third-order valence-electron chi connectivity index (χ3n) is 6.62. The van der Waals surface area contributed by atoms with Gasteiger partial charge in [0.15, 0.2) is 5.58 Å². The molecule has 0 saturated heterocycles. The van der Waals surface area contributed by atoms with Crippen LogP contribution in [0.1, 0.15) is 16.0 Å². The molecule has 0 aliphatic heterocycles. The topological polar surface area (TPSA) is 71.3 Å². The molecular formula is C32H23N3O2S. The first-order valence-corrected chi connectivity index (χ1v) is 13.1. The van der Waals surface area contributed by atoms with E-state index in [-0.39, 0.29) is 5.76 Å². The van der Waals surface area contributed by atoms with Gasteiger partial charge in [-0.05, 0) is 40.8 Å². The molecule has 0 amide bonds. The summed E-state index contributed by atoms with van der Waals surface area (Å²) in [6.45, 7) is 0. The standard InChI is InChI=1S/C32H23N3O2S/c1-35-28-17-23(14-15-29(28)37-32(35)36)24-12-13-25-16-27(38-30(25)18-24)19-26(20-33)34-31(21-8-4-2-5-9-21)22-10-6-3-7-11-22/h2-18,26H,19H2,1H3. The second kappa shape index (κ2) is 9.97. The van der Waals surface area contributed by atoms with Crippen molar-refractivity contribution >= 4 is 38.2 Å². The van der Waals surface area contributed by atoms with Crippen LogP contribution >= 0.6 is 11.3 Å². The summed E-state index contributed by atoms with van der Waals surface area (Å²) in [6.07, 6.45) is 0.539. The lowest BCUT2D eigenvalue weighted by Crippen LogP contribution is -2.12. The van der Waals surface area contributed by atoms with Gasteiger partial charge in [-0.3, -0.25) is 9.56 Å². The van der Waals surface area contributed by atoms with Crippen molar-refractivity contribution < 1.29 is 4.42 Å². The number of rotatable bonds is 6. The summed E-state index contributed by atoms with van der Waals surface area (Å²) < 4.78 is 7.93. The number of hydrogen-bond donors (Lipinski definition) is 0. The van der Waals surface area contributed by atoms with Crippen LogP contribution in [0.5, 0.6) is 0 Å². The average Bonchev–Trinajstić information content (AvgIpc) is 3.50. The summed E-state index contributed by atoms with van der Waals surface area (Å²) in [6, 6.07) is 36.2. The highest BCUT2D eigenvalue weighted by molar-refractivity contribution is 7.19. The van der Waals surface area contributed by atoms with E-state index in [1.54, 1.807) is 18.4 Å². The maximum Gasteiger partial charge on any atom is 0.419 e. The molecule has 2 heterocycles. The first-order valence-electron chi connectivity index (χ1n) is 12.3. The lowest BCUT2D eigenvalue weighted by Gasteiger charge is -2.10. The molecule has 6 aromatic rings. The molecule has 1 unspecified atom stereocenters. The Hall–Kier alpha value is -4.73. The molecule has 0 N–H and O–H groups in total. The van der Waals surface area contributed by atoms with Gasteiger partial charge < -0.3 is 4.42 Å². The van der Waals surface area contributed by atoms with Crippen molar-refractivity contribution in [2.45, 2.75) is 12.5 Å². The minimum Gasteiger partial charge on any atom is -0.408 e. The van der Waals surface area contributed by atoms with Gasteiger partial charge in [0, 0.05) is 34.2 Å². The molecule has 0 aliphatic carbocycles. The smallest absolute Gasteiger partial charge is 0.408 e. The molecule has 6 rings (SSSR count). The number of nitriles is 1. The molecule has 38 heavy (non-hydrogen) atoms. The predicted molar refractivity (Wildman–Crippen MR) is 154 cm³/mol. The highest BCUT2D eigenvalue weighted by Crippen LogP contribution is 2.32. The number of nitrogens with zero attached hydrogens (tertiary/aromatic N) is 3. The Labute approximate surface area is 223 Å². The van der Waals surface area contributed by atoms with Crippen molar-refractivity contribution in [1.82, 2.24) is 4.57 Å². The van der Waals surface area contributed by atoms with Crippen molar-refractivity contribution in [3.05, 3.63) is 130 Å². The van der Waals surface area contributed by atoms with Gasteiger partial charge in [-0.1, -0.05) is 78.9 Å². The Balaban J connectivity index is 1.32. The largest absolute Gasteiger partial charge is 0.419 e. The molecular weight excluding hydrogens is 490 g/mol. The zero-order valence-corrected chi connectivity index (χ0v) is 21.5. The second-order valence-corrected chi connectivity index (χ2v) is 10.3. The maximum absolute atomic E-state index is 11.9. The molecule has 0 spiro atoms. The van der Waals surface area contributed by atoms with Gasteiger partial charge in [0.25, 0.3) is 0 Å². The summed E-state index contributed by atoms with van der Waals surface area (Å²) in [5.41, 5.74) is 6.23. The number of aryl methyl sites for hydroxylation is 1. The highest BCUT2D eigenvalue weighted by atomic mass is 32.1. The molecule has 2 aromatic heterocycles. The molecule has 0 saturated carbocycles. The first kappa shape index (κ1) is 23.7. The van der Waals surface area contributed by atoms with Crippen LogP contribution < -0.4 is 5.76 Å². The number of oxazole rings is 1. The normalized spacial score (nSPS) is 11.9. The monoisotopic (exact) mass is 513 g/mol. The van der Waals surface area contributed by atoms with E-state index >= 15 is 0 Å². The summed E-state index contributed by atoms with van der Waals surface area (Å²) in [4.78, 5) is 17.9. The predicted octanol–water partition coefficient (Wildman–Crippen LogP) is 6.99. The number of aromatic nitrogens is 1. The average molecular weight is 514 g/mol. The Kier molecular flexibility index (Phi) is 6.20. The van der Waals surface area contributed by atoms with E-state index in [1.807, 2.05) is 78.9 Å². The van der Waals surface area contributed by atoms with Crippen molar-refractivity contribution in [1.29, 1.82) is 5.26 Å². The van der Waals surface area contributed by atoms with E-state index in [0.29, 0.717) is 12.0 Å². The molecule has 0 bridgehead atoms. The van der Waals surface area contributed by atoms with Crippen LogP contribution in [0.25, 0.3) is 32.3 Å². The summed E-state index contributed by atoms with van der Waals surface area (Å²) in [7, 11) is 1.71. The van der Waals surface area contributed by atoms with Gasteiger partial charge in [0.1, 0.15) is 6.04 Å². The fourth-order valence-electron chi connectivity index (χ4n) is 4.65. The second-order valence-electron chi connectivity index (χ2n) is 9.13. The minimum absolute atomic E-state index is 0.368. The van der Waals surface area contributed by atoms with Crippen LogP contribution in [0.2, 0.25) is 0 Å². The minimum atomic E-state index is -0.511. The number of benzene rings is 4. The van der Waals surface area contributed by atoms with Gasteiger partial charge in [-0.25, -0.2) is 4.79 Å². The third kappa shape index (κ3) is 4.56. The molecule has 0 radical (unpaired) electrons. The summed E-state index contributed by atoms with van der Waals surface area (Å²) in [5.74, 6) is -0.368. The van der Waals surface area contributed by atoms with E-state index in [2.05, 4.69) is 30.3 Å². The summed E-state index contributed by atoms with van der Waals surface area (Å²) in [5, 5.41) is 11.2. The molecule has 4 aromatic carbocycles. The van der Waals surface area contributed by atoms with Gasteiger partial charge in [-0.15, -0.1) is 11.3 Å². The molecule has 1 atom stereocenters. The Bertz CT molecular complexity index is 1850. The van der Waals surface area contributed by atoms with Crippen LogP contribution in [0, 0.1) is 11.3 Å². The SMILES string of the molecule is Cn1c(=O)oc2ccc(-c3ccc4cc(CC(C#N)N=C(c5ccccc5)c5ccccc5)sc4c3)cc21. The lowest BCUT2D eigenvalue weighted by molar-refractivity contribution is 0.528. The fourth-order valence-corrected chi connectivity index (χ4v) is 5.79. The van der Waals surface area contributed by atoms with E-state index in [1.165, 1.54) is 4.57 Å². The Morgan fingerprint density at radius 2 is 1.58 bits per heavy atom. The van der Waals surface area contributed by atoms with E-state index in [0.717, 1.165) is 48.4 Å². The van der Waals surface area contributed by atoms with Crippen molar-refractivity contribution in [3.8, 4) is 17.2 Å². The van der Waals surface area contributed by atoms with Crippen molar-refractivity contribution in [2.24, 2.45) is 12.0 Å². The highest BCUT2D eigenvalue weighted by Gasteiger charge is 2.15. The number of aliphatic imine (C=N–C) groups is 1. The fraction of sp³-hybridized carbons (Fsp3) is 0.0938. The molecule has 0 fully saturated rings. The number of hydrogen-bond acceptors (Lipinski definition) is 5. The van der Waals surface area contributed by atoms with Gasteiger partial charge in [0.05, 0.1) is 17.3 Å². The van der Waals surface area contributed by atoms with Crippen LogP contribution in [0.4, 0.5) is 0 Å². The van der Waals surface area contributed by atoms with Gasteiger partial charge in [0.2, 0.25) is 0 Å². The van der Waals surface area contributed by atoms with Crippen LogP contribution in [0.15, 0.2) is 117 Å². The van der Waals surface area contributed by atoms with Crippen LogP contribution in [-0.4, -0.2) is 16.3 Å². The molecule has 6 heteroatoms. The number of fused-ring (bicyclic) bond motifs is 2. The quantitative estimate of drug-likeness (QED) is 0.226. The Morgan fingerprint density at radius 1 is 0.921 bits per heavy atom. The zero-order valence-electron chi connectivity index (χ0n) is 20.7. The van der Waals surface area contributed by atoms with E-state index < -0.39 is 6.04 Å². The Morgan fingerprint density at radius 3 is 2.26 bits per heavy atom. The van der Waals surface area contributed by atoms with Crippen molar-refractivity contribution in [3.63, 3.8) is 0 Å². The van der Waals surface area contributed by atoms with E-state index in [4.69, 9.17) is 9.41 Å². The van der Waals surface area contributed by atoms with Crippen LogP contribution in [-0.2, 0) is 13.5 Å². The molecule has 5 nitrogen and oxygen atoms in total. The zero-order chi connectivity index (χ0) is 26.1. The van der Waals surface area contributed by atoms with E-state index in [9.17, 15) is 10.1 Å². The lowest BCUT2D eigenvalue weighted by atomic mass is 10.0. The molecule has 0 aliphatic rings. The number of thiophene rings is 1. The first-order chi connectivity index (χ1) is 18.6. The summed E-state index contributed by atoms with van der Waals surface area (Å²) >= 11 is 1.69. The molecule has 184 valence electrons. The maximum atomic E-state index is 11.9. The van der Waals surface area contributed by atoms with Gasteiger partial charge in [-0.2, -0.15) is 5.26 Å².